The van der Waals surface area contributed by atoms with Crippen molar-refractivity contribution in [2.24, 2.45) is 7.05 Å². The van der Waals surface area contributed by atoms with Crippen LogP contribution in [0.1, 0.15) is 27.3 Å². The van der Waals surface area contributed by atoms with Gasteiger partial charge in [0.25, 0.3) is 0 Å². The molecule has 0 fully saturated rings. The summed E-state index contributed by atoms with van der Waals surface area (Å²) in [6.45, 7) is 1.81. The molecular weight excluding hydrogens is 242 g/mol. The molecule has 19 heavy (non-hydrogen) atoms. The molecule has 1 aliphatic rings. The van der Waals surface area contributed by atoms with Crippen LogP contribution in [0.5, 0.6) is 5.75 Å². The number of rotatable bonds is 2. The molecule has 0 amide bonds. The summed E-state index contributed by atoms with van der Waals surface area (Å²) in [7, 11) is 1.80. The minimum absolute atomic E-state index is 0.0500. The van der Waals surface area contributed by atoms with Crippen molar-refractivity contribution in [3.8, 4) is 5.75 Å². The van der Waals surface area contributed by atoms with Crippen LogP contribution in [0.4, 0.5) is 0 Å². The van der Waals surface area contributed by atoms with E-state index < -0.39 is 0 Å². The maximum Gasteiger partial charge on any atom is 0.317 e. The molecule has 0 spiro atoms. The molecule has 0 unspecified atom stereocenters. The number of esters is 1. The zero-order valence-corrected chi connectivity index (χ0v) is 10.8. The van der Waals surface area contributed by atoms with E-state index in [1.807, 2.05) is 25.1 Å². The largest absolute Gasteiger partial charge is 0.424 e. The van der Waals surface area contributed by atoms with Gasteiger partial charge in [0, 0.05) is 18.2 Å². The quantitative estimate of drug-likeness (QED) is 0.609. The first-order valence-corrected chi connectivity index (χ1v) is 6.08. The molecule has 3 rings (SSSR count). The van der Waals surface area contributed by atoms with Crippen LogP contribution in [0.15, 0.2) is 30.3 Å². The van der Waals surface area contributed by atoms with Gasteiger partial charge in [0.05, 0.1) is 17.8 Å². The molecule has 2 heterocycles. The minimum Gasteiger partial charge on any atom is -0.424 e. The summed E-state index contributed by atoms with van der Waals surface area (Å²) < 4.78 is 6.94. The number of benzene rings is 1. The van der Waals surface area contributed by atoms with E-state index in [0.717, 1.165) is 11.3 Å². The van der Waals surface area contributed by atoms with E-state index >= 15 is 0 Å². The lowest BCUT2D eigenvalue weighted by Crippen LogP contribution is -2.12. The van der Waals surface area contributed by atoms with Gasteiger partial charge in [-0.2, -0.15) is 0 Å². The molecule has 0 saturated carbocycles. The van der Waals surface area contributed by atoms with Crippen molar-refractivity contribution >= 4 is 11.8 Å². The molecule has 2 aromatic rings. The van der Waals surface area contributed by atoms with Gasteiger partial charge in [-0.25, -0.2) is 0 Å². The third-order valence-electron chi connectivity index (χ3n) is 3.48. The number of hydrogen-bond donors (Lipinski definition) is 0. The highest BCUT2D eigenvalue weighted by Gasteiger charge is 2.31. The zero-order valence-electron chi connectivity index (χ0n) is 10.8. The van der Waals surface area contributed by atoms with Crippen molar-refractivity contribution in [2.75, 3.05) is 0 Å². The molecule has 0 aliphatic carbocycles. The van der Waals surface area contributed by atoms with E-state index in [4.69, 9.17) is 4.74 Å². The first-order valence-electron chi connectivity index (χ1n) is 6.08. The van der Waals surface area contributed by atoms with Crippen LogP contribution in [-0.2, 0) is 18.3 Å². The number of ketones is 1. The monoisotopic (exact) mass is 255 g/mol. The van der Waals surface area contributed by atoms with Crippen LogP contribution in [0.2, 0.25) is 0 Å². The Morgan fingerprint density at radius 1 is 1.26 bits per heavy atom. The van der Waals surface area contributed by atoms with E-state index in [1.54, 1.807) is 23.7 Å². The van der Waals surface area contributed by atoms with E-state index in [1.165, 1.54) is 0 Å². The summed E-state index contributed by atoms with van der Waals surface area (Å²) in [5, 5.41) is 0. The number of nitrogens with zero attached hydrogens (tertiary/aromatic N) is 1. The molecule has 96 valence electrons. The minimum atomic E-state index is -0.262. The predicted molar refractivity (Wildman–Crippen MR) is 69.4 cm³/mol. The molecule has 0 saturated heterocycles. The van der Waals surface area contributed by atoms with Crippen LogP contribution in [-0.4, -0.2) is 16.3 Å². The number of ether oxygens (including phenoxy) is 1. The second kappa shape index (κ2) is 4.09. The van der Waals surface area contributed by atoms with Crippen LogP contribution in [0, 0.1) is 6.92 Å². The second-order valence-electron chi connectivity index (χ2n) is 4.65. The van der Waals surface area contributed by atoms with Crippen LogP contribution in [0.25, 0.3) is 0 Å². The van der Waals surface area contributed by atoms with Crippen LogP contribution in [0.3, 0.4) is 0 Å². The van der Waals surface area contributed by atoms with Gasteiger partial charge in [-0.05, 0) is 6.92 Å². The summed E-state index contributed by atoms with van der Waals surface area (Å²) in [6.07, 6.45) is 0.231. The second-order valence-corrected chi connectivity index (χ2v) is 4.65. The molecule has 0 N–H and O–H groups in total. The van der Waals surface area contributed by atoms with E-state index in [2.05, 4.69) is 0 Å². The molecule has 4 heteroatoms. The Kier molecular flexibility index (Phi) is 2.52. The highest BCUT2D eigenvalue weighted by atomic mass is 16.5. The maximum atomic E-state index is 12.5. The van der Waals surface area contributed by atoms with Gasteiger partial charge >= 0.3 is 5.97 Å². The zero-order chi connectivity index (χ0) is 13.6. The smallest absolute Gasteiger partial charge is 0.317 e. The molecule has 4 nitrogen and oxygen atoms in total. The van der Waals surface area contributed by atoms with Gasteiger partial charge < -0.3 is 9.30 Å². The fraction of sp³-hybridized carbons (Fsp3) is 0.200. The van der Waals surface area contributed by atoms with Gasteiger partial charge in [0.15, 0.2) is 5.75 Å². The average Bonchev–Trinajstić information content (AvgIpc) is 2.90. The van der Waals surface area contributed by atoms with Crippen LogP contribution >= 0.6 is 0 Å². The lowest BCUT2D eigenvalue weighted by atomic mass is 10.1. The Morgan fingerprint density at radius 3 is 2.58 bits per heavy atom. The van der Waals surface area contributed by atoms with E-state index in [0.29, 0.717) is 17.0 Å². The predicted octanol–water partition coefficient (Wildman–Crippen LogP) is 2.03. The summed E-state index contributed by atoms with van der Waals surface area (Å²) in [5.74, 6) is 0.236. The number of aromatic nitrogens is 1. The topological polar surface area (TPSA) is 48.3 Å². The molecule has 0 radical (unpaired) electrons. The number of fused-ring (bicyclic) bond motifs is 1. The Morgan fingerprint density at radius 2 is 1.95 bits per heavy atom. The third-order valence-corrected chi connectivity index (χ3v) is 3.48. The van der Waals surface area contributed by atoms with E-state index in [-0.39, 0.29) is 18.2 Å². The fourth-order valence-electron chi connectivity index (χ4n) is 2.53. The van der Waals surface area contributed by atoms with Gasteiger partial charge in [0.2, 0.25) is 5.78 Å². The van der Waals surface area contributed by atoms with Crippen molar-refractivity contribution in [3.63, 3.8) is 0 Å². The Labute approximate surface area is 110 Å². The van der Waals surface area contributed by atoms with Gasteiger partial charge in [-0.15, -0.1) is 0 Å². The van der Waals surface area contributed by atoms with Crippen molar-refractivity contribution in [1.29, 1.82) is 0 Å². The molecule has 1 aromatic heterocycles. The average molecular weight is 255 g/mol. The highest BCUT2D eigenvalue weighted by molar-refractivity contribution is 6.09. The van der Waals surface area contributed by atoms with Crippen molar-refractivity contribution in [1.82, 2.24) is 4.57 Å². The summed E-state index contributed by atoms with van der Waals surface area (Å²) >= 11 is 0. The van der Waals surface area contributed by atoms with Crippen molar-refractivity contribution < 1.29 is 14.3 Å². The van der Waals surface area contributed by atoms with Gasteiger partial charge in [-0.3, -0.25) is 9.59 Å². The first kappa shape index (κ1) is 11.7. The summed E-state index contributed by atoms with van der Waals surface area (Å²) in [4.78, 5) is 23.8. The summed E-state index contributed by atoms with van der Waals surface area (Å²) in [5.41, 5.74) is 2.74. The molecule has 0 atom stereocenters. The molecule has 1 aliphatic heterocycles. The Bertz CT molecular complexity index is 652. The normalized spacial score (nSPS) is 13.3. The Hall–Kier alpha value is -2.36. The van der Waals surface area contributed by atoms with Gasteiger partial charge in [-0.1, -0.05) is 30.3 Å². The molecular formula is C15H13NO3. The van der Waals surface area contributed by atoms with E-state index in [9.17, 15) is 9.59 Å². The number of carbonyl (C=O) groups is 2. The number of hydrogen-bond acceptors (Lipinski definition) is 3. The summed E-state index contributed by atoms with van der Waals surface area (Å²) in [6, 6.07) is 9.10. The van der Waals surface area contributed by atoms with Crippen molar-refractivity contribution in [2.45, 2.75) is 13.3 Å². The maximum absolute atomic E-state index is 12.5. The first-order chi connectivity index (χ1) is 9.09. The standard InChI is InChI=1S/C15H13NO3/c1-9-13(14(18)10-6-4-3-5-7-10)16(2)11-8-12(17)19-15(9)11/h3-7H,8H2,1-2H3. The molecule has 1 aromatic carbocycles. The fourth-order valence-corrected chi connectivity index (χ4v) is 2.53. The number of carbonyl (C=O) groups excluding carboxylic acids is 2. The highest BCUT2D eigenvalue weighted by Crippen LogP contribution is 2.35. The molecule has 0 bridgehead atoms. The van der Waals surface area contributed by atoms with Crippen molar-refractivity contribution in [3.05, 3.63) is 52.8 Å². The third kappa shape index (κ3) is 1.68. The van der Waals surface area contributed by atoms with Gasteiger partial charge in [0.1, 0.15) is 0 Å². The SMILES string of the molecule is Cc1c2c(n(C)c1C(=O)c1ccccc1)CC(=O)O2. The van der Waals surface area contributed by atoms with Crippen LogP contribution < -0.4 is 4.74 Å². The lowest BCUT2D eigenvalue weighted by Gasteiger charge is -2.06. The lowest BCUT2D eigenvalue weighted by molar-refractivity contribution is -0.131. The Balaban J connectivity index is 2.11.